The molecule has 0 atom stereocenters. The van der Waals surface area contributed by atoms with Crippen LogP contribution in [-0.2, 0) is 11.3 Å². The number of carbonyl (C=O) groups excluding carboxylic acids is 1. The summed E-state index contributed by atoms with van der Waals surface area (Å²) < 4.78 is 6.74. The molecular weight excluding hydrogens is 272 g/mol. The van der Waals surface area contributed by atoms with Crippen LogP contribution in [0.15, 0.2) is 42.6 Å². The number of carboxylic acids is 1. The van der Waals surface area contributed by atoms with E-state index in [1.54, 1.807) is 42.6 Å². The molecule has 0 unspecified atom stereocenters. The maximum absolute atomic E-state index is 12.2. The first-order valence-electron chi connectivity index (χ1n) is 6.51. The normalized spacial score (nSPS) is 10.1. The molecule has 2 aromatic rings. The summed E-state index contributed by atoms with van der Waals surface area (Å²) in [6.45, 7) is 2.16. The molecule has 0 radical (unpaired) electrons. The first kappa shape index (κ1) is 14.6. The molecule has 0 aliphatic heterocycles. The topological polar surface area (TPSA) is 80.6 Å². The number of carbonyl (C=O) groups is 2. The molecule has 21 heavy (non-hydrogen) atoms. The molecule has 1 amide bonds. The molecule has 1 aromatic heterocycles. The molecule has 2 N–H and O–H groups in total. The van der Waals surface area contributed by atoms with Crippen LogP contribution in [0.25, 0.3) is 0 Å². The van der Waals surface area contributed by atoms with Gasteiger partial charge >= 0.3 is 5.97 Å². The minimum Gasteiger partial charge on any atom is -0.494 e. The van der Waals surface area contributed by atoms with Gasteiger partial charge in [-0.2, -0.15) is 0 Å². The van der Waals surface area contributed by atoms with Crippen molar-refractivity contribution in [2.24, 2.45) is 0 Å². The number of aliphatic carboxylic acids is 1. The van der Waals surface area contributed by atoms with E-state index in [1.165, 1.54) is 4.57 Å². The van der Waals surface area contributed by atoms with Gasteiger partial charge in [0, 0.05) is 18.0 Å². The Bertz CT molecular complexity index is 649. The van der Waals surface area contributed by atoms with Crippen molar-refractivity contribution in [3.05, 3.63) is 48.3 Å². The zero-order valence-corrected chi connectivity index (χ0v) is 11.6. The summed E-state index contributed by atoms with van der Waals surface area (Å²) in [6.07, 6.45) is 1.56. The summed E-state index contributed by atoms with van der Waals surface area (Å²) in [7, 11) is 0. The third-order valence-corrected chi connectivity index (χ3v) is 2.77. The molecule has 0 aliphatic carbocycles. The highest BCUT2D eigenvalue weighted by molar-refractivity contribution is 6.03. The molecular formula is C15H16N2O4. The minimum atomic E-state index is -1.00. The Kier molecular flexibility index (Phi) is 4.61. The van der Waals surface area contributed by atoms with Gasteiger partial charge < -0.3 is 19.7 Å². The second-order valence-electron chi connectivity index (χ2n) is 4.33. The molecule has 0 saturated heterocycles. The minimum absolute atomic E-state index is 0.255. The Morgan fingerprint density at radius 1 is 1.29 bits per heavy atom. The number of carboxylic acid groups (broad SMARTS) is 1. The Hall–Kier alpha value is -2.76. The number of hydrogen-bond donors (Lipinski definition) is 2. The standard InChI is InChI=1S/C15H16N2O4/c1-2-21-12-6-3-5-11(9-12)16-15(20)13-7-4-8-17(13)10-14(18)19/h3-9H,2,10H2,1H3,(H,16,20)(H,18,19). The van der Waals surface area contributed by atoms with Crippen LogP contribution in [-0.4, -0.2) is 28.2 Å². The fourth-order valence-electron chi connectivity index (χ4n) is 1.93. The Balaban J connectivity index is 2.13. The second-order valence-corrected chi connectivity index (χ2v) is 4.33. The highest BCUT2D eigenvalue weighted by atomic mass is 16.5. The average Bonchev–Trinajstić information content (AvgIpc) is 2.87. The van der Waals surface area contributed by atoms with Gasteiger partial charge in [-0.25, -0.2) is 0 Å². The number of amides is 1. The SMILES string of the molecule is CCOc1cccc(NC(=O)c2cccn2CC(=O)O)c1. The van der Waals surface area contributed by atoms with E-state index >= 15 is 0 Å². The van der Waals surface area contributed by atoms with E-state index in [1.807, 2.05) is 6.92 Å². The van der Waals surface area contributed by atoms with Gasteiger partial charge in [-0.1, -0.05) is 6.07 Å². The van der Waals surface area contributed by atoms with Crippen LogP contribution in [0, 0.1) is 0 Å². The Morgan fingerprint density at radius 3 is 2.81 bits per heavy atom. The summed E-state index contributed by atoms with van der Waals surface area (Å²) in [4.78, 5) is 22.9. The number of ether oxygens (including phenoxy) is 1. The lowest BCUT2D eigenvalue weighted by molar-refractivity contribution is -0.137. The fraction of sp³-hybridized carbons (Fsp3) is 0.200. The summed E-state index contributed by atoms with van der Waals surface area (Å²) in [5.74, 6) is -0.704. The predicted octanol–water partition coefficient (Wildman–Crippen LogP) is 2.22. The maximum atomic E-state index is 12.2. The van der Waals surface area contributed by atoms with Gasteiger partial charge in [-0.15, -0.1) is 0 Å². The van der Waals surface area contributed by atoms with Crippen molar-refractivity contribution in [2.45, 2.75) is 13.5 Å². The third kappa shape index (κ3) is 3.85. The molecule has 1 heterocycles. The van der Waals surface area contributed by atoms with Crippen LogP contribution >= 0.6 is 0 Å². The first-order valence-corrected chi connectivity index (χ1v) is 6.51. The average molecular weight is 288 g/mol. The van der Waals surface area contributed by atoms with E-state index in [2.05, 4.69) is 5.32 Å². The van der Waals surface area contributed by atoms with E-state index in [0.29, 0.717) is 23.7 Å². The van der Waals surface area contributed by atoms with Crippen molar-refractivity contribution in [1.29, 1.82) is 0 Å². The second kappa shape index (κ2) is 6.60. The molecule has 1 aromatic carbocycles. The molecule has 0 fully saturated rings. The summed E-state index contributed by atoms with van der Waals surface area (Å²) in [5, 5.41) is 11.5. The van der Waals surface area contributed by atoms with Gasteiger partial charge in [0.1, 0.15) is 18.0 Å². The fourth-order valence-corrected chi connectivity index (χ4v) is 1.93. The van der Waals surface area contributed by atoms with E-state index in [0.717, 1.165) is 0 Å². The lowest BCUT2D eigenvalue weighted by Gasteiger charge is -2.09. The van der Waals surface area contributed by atoms with Crippen LogP contribution in [0.2, 0.25) is 0 Å². The quantitative estimate of drug-likeness (QED) is 0.854. The van der Waals surface area contributed by atoms with Gasteiger partial charge in [0.05, 0.1) is 6.61 Å². The molecule has 6 heteroatoms. The molecule has 0 spiro atoms. The summed E-state index contributed by atoms with van der Waals surface area (Å²) in [6, 6.07) is 10.2. The van der Waals surface area contributed by atoms with Crippen LogP contribution in [0.5, 0.6) is 5.75 Å². The number of anilines is 1. The van der Waals surface area contributed by atoms with Gasteiger partial charge in [0.15, 0.2) is 0 Å². The number of hydrogen-bond acceptors (Lipinski definition) is 3. The van der Waals surface area contributed by atoms with Gasteiger partial charge in [-0.05, 0) is 31.2 Å². The smallest absolute Gasteiger partial charge is 0.323 e. The van der Waals surface area contributed by atoms with Crippen LogP contribution in [0.1, 0.15) is 17.4 Å². The van der Waals surface area contributed by atoms with E-state index in [-0.39, 0.29) is 12.5 Å². The number of nitrogens with zero attached hydrogens (tertiary/aromatic N) is 1. The number of aromatic nitrogens is 1. The third-order valence-electron chi connectivity index (χ3n) is 2.77. The van der Waals surface area contributed by atoms with Crippen molar-refractivity contribution in [3.8, 4) is 5.75 Å². The molecule has 0 saturated carbocycles. The lowest BCUT2D eigenvalue weighted by atomic mass is 10.3. The largest absolute Gasteiger partial charge is 0.494 e. The number of benzene rings is 1. The molecule has 6 nitrogen and oxygen atoms in total. The number of rotatable bonds is 6. The van der Waals surface area contributed by atoms with Crippen molar-refractivity contribution < 1.29 is 19.4 Å². The zero-order chi connectivity index (χ0) is 15.2. The van der Waals surface area contributed by atoms with Crippen molar-refractivity contribution in [3.63, 3.8) is 0 Å². The Labute approximate surface area is 122 Å². The van der Waals surface area contributed by atoms with Crippen molar-refractivity contribution >= 4 is 17.6 Å². The Morgan fingerprint density at radius 2 is 2.10 bits per heavy atom. The van der Waals surface area contributed by atoms with Crippen LogP contribution in [0.4, 0.5) is 5.69 Å². The molecule has 2 rings (SSSR count). The van der Waals surface area contributed by atoms with Crippen LogP contribution in [0.3, 0.4) is 0 Å². The van der Waals surface area contributed by atoms with Crippen molar-refractivity contribution in [1.82, 2.24) is 4.57 Å². The predicted molar refractivity (Wildman–Crippen MR) is 77.6 cm³/mol. The highest BCUT2D eigenvalue weighted by Crippen LogP contribution is 2.18. The zero-order valence-electron chi connectivity index (χ0n) is 11.6. The first-order chi connectivity index (χ1) is 10.1. The van der Waals surface area contributed by atoms with Gasteiger partial charge in [-0.3, -0.25) is 9.59 Å². The van der Waals surface area contributed by atoms with Gasteiger partial charge in [0.2, 0.25) is 0 Å². The van der Waals surface area contributed by atoms with E-state index in [4.69, 9.17) is 9.84 Å². The molecule has 110 valence electrons. The van der Waals surface area contributed by atoms with Crippen molar-refractivity contribution in [2.75, 3.05) is 11.9 Å². The summed E-state index contributed by atoms with van der Waals surface area (Å²) in [5.41, 5.74) is 0.883. The van der Waals surface area contributed by atoms with Gasteiger partial charge in [0.25, 0.3) is 5.91 Å². The monoisotopic (exact) mass is 288 g/mol. The lowest BCUT2D eigenvalue weighted by Crippen LogP contribution is -2.19. The molecule has 0 bridgehead atoms. The number of nitrogens with one attached hydrogen (secondary N) is 1. The van der Waals surface area contributed by atoms with E-state index in [9.17, 15) is 9.59 Å². The highest BCUT2D eigenvalue weighted by Gasteiger charge is 2.13. The van der Waals surface area contributed by atoms with Crippen LogP contribution < -0.4 is 10.1 Å². The van der Waals surface area contributed by atoms with E-state index < -0.39 is 5.97 Å². The maximum Gasteiger partial charge on any atom is 0.323 e. The summed E-state index contributed by atoms with van der Waals surface area (Å²) >= 11 is 0. The molecule has 0 aliphatic rings.